The summed E-state index contributed by atoms with van der Waals surface area (Å²) >= 11 is 0. The van der Waals surface area contributed by atoms with Gasteiger partial charge in [-0.2, -0.15) is 31.4 Å². The predicted molar refractivity (Wildman–Crippen MR) is 62.1 cm³/mol. The molecule has 0 spiro atoms. The maximum Gasteiger partial charge on any atom is 0.435 e. The molecule has 0 radical (unpaired) electrons. The largest absolute Gasteiger partial charge is 0.435 e. The van der Waals surface area contributed by atoms with Crippen LogP contribution in [0.3, 0.4) is 0 Å². The van der Waals surface area contributed by atoms with Crippen molar-refractivity contribution in [3.8, 4) is 0 Å². The summed E-state index contributed by atoms with van der Waals surface area (Å²) in [5.74, 6) is -3.80. The lowest BCUT2D eigenvalue weighted by atomic mass is 9.89. The van der Waals surface area contributed by atoms with Crippen molar-refractivity contribution in [1.29, 1.82) is 0 Å². The minimum absolute atomic E-state index is 0.407. The Morgan fingerprint density at radius 3 is 2.29 bits per heavy atom. The molecule has 0 saturated heterocycles. The van der Waals surface area contributed by atoms with Gasteiger partial charge in [-0.15, -0.1) is 0 Å². The zero-order chi connectivity index (χ0) is 18.5. The van der Waals surface area contributed by atoms with Gasteiger partial charge in [-0.3, -0.25) is 4.68 Å². The Morgan fingerprint density at radius 2 is 1.79 bits per heavy atom. The minimum Gasteiger partial charge on any atom is -0.384 e. The van der Waals surface area contributed by atoms with E-state index in [4.69, 9.17) is 5.11 Å². The number of fused-ring (bicyclic) bond motifs is 1. The molecular formula is C12H12F8N2O2. The predicted octanol–water partition coefficient (Wildman–Crippen LogP) is 2.83. The topological polar surface area (TPSA) is 58.3 Å². The SMILES string of the molecule is OC(CCn1nc(C(F)(F)F)c2c1CCC(F)(F)[C@H]2O)C(F)(F)F. The lowest BCUT2D eigenvalue weighted by molar-refractivity contribution is -0.206. The molecule has 2 atom stereocenters. The fourth-order valence-electron chi connectivity index (χ4n) is 2.50. The number of aromatic nitrogens is 2. The van der Waals surface area contributed by atoms with E-state index in [1.165, 1.54) is 0 Å². The highest BCUT2D eigenvalue weighted by molar-refractivity contribution is 5.35. The van der Waals surface area contributed by atoms with Gasteiger partial charge < -0.3 is 10.2 Å². The molecule has 24 heavy (non-hydrogen) atoms. The second kappa shape index (κ2) is 5.83. The van der Waals surface area contributed by atoms with Gasteiger partial charge in [0, 0.05) is 30.6 Å². The van der Waals surface area contributed by atoms with Crippen molar-refractivity contribution in [1.82, 2.24) is 9.78 Å². The van der Waals surface area contributed by atoms with Crippen molar-refractivity contribution in [2.75, 3.05) is 0 Å². The molecule has 1 aromatic rings. The van der Waals surface area contributed by atoms with Crippen molar-refractivity contribution in [3.05, 3.63) is 17.0 Å². The molecule has 1 unspecified atom stereocenters. The Hall–Kier alpha value is -1.43. The second-order valence-electron chi connectivity index (χ2n) is 5.44. The number of nitrogens with zero attached hydrogens (tertiary/aromatic N) is 2. The van der Waals surface area contributed by atoms with Crippen LogP contribution in [0.2, 0.25) is 0 Å². The van der Waals surface area contributed by atoms with E-state index in [2.05, 4.69) is 5.10 Å². The fourth-order valence-corrected chi connectivity index (χ4v) is 2.50. The van der Waals surface area contributed by atoms with Gasteiger partial charge in [-0.1, -0.05) is 0 Å². The molecule has 2 rings (SSSR count). The van der Waals surface area contributed by atoms with Crippen molar-refractivity contribution in [2.24, 2.45) is 0 Å². The zero-order valence-electron chi connectivity index (χ0n) is 11.8. The van der Waals surface area contributed by atoms with Crippen LogP contribution >= 0.6 is 0 Å². The van der Waals surface area contributed by atoms with Gasteiger partial charge in [-0.25, -0.2) is 8.78 Å². The van der Waals surface area contributed by atoms with Gasteiger partial charge in [0.1, 0.15) is 6.10 Å². The lowest BCUT2D eigenvalue weighted by Crippen LogP contribution is -2.33. The molecule has 0 saturated carbocycles. The fraction of sp³-hybridized carbons (Fsp3) is 0.750. The summed E-state index contributed by atoms with van der Waals surface area (Å²) in [6.07, 6.45) is -18.2. The van der Waals surface area contributed by atoms with Gasteiger partial charge in [0.2, 0.25) is 0 Å². The summed E-state index contributed by atoms with van der Waals surface area (Å²) in [6.45, 7) is -0.766. The van der Waals surface area contributed by atoms with Crippen LogP contribution in [0.1, 0.15) is 35.9 Å². The Morgan fingerprint density at radius 1 is 1.21 bits per heavy atom. The number of rotatable bonds is 3. The summed E-state index contributed by atoms with van der Waals surface area (Å²) in [6, 6.07) is 0. The Kier molecular flexibility index (Phi) is 4.59. The molecule has 0 aromatic carbocycles. The van der Waals surface area contributed by atoms with Gasteiger partial charge in [0.25, 0.3) is 5.92 Å². The van der Waals surface area contributed by atoms with Gasteiger partial charge in [-0.05, 0) is 6.42 Å². The number of halogens is 8. The summed E-state index contributed by atoms with van der Waals surface area (Å²) < 4.78 is 103. The third-order valence-electron chi connectivity index (χ3n) is 3.73. The first-order valence-electron chi connectivity index (χ1n) is 6.72. The van der Waals surface area contributed by atoms with Crippen LogP contribution in [-0.2, 0) is 19.1 Å². The maximum absolute atomic E-state index is 13.5. The average Bonchev–Trinajstić information content (AvgIpc) is 2.78. The van der Waals surface area contributed by atoms with Crippen LogP contribution in [0.25, 0.3) is 0 Å². The van der Waals surface area contributed by atoms with Crippen molar-refractivity contribution >= 4 is 0 Å². The third kappa shape index (κ3) is 3.48. The summed E-state index contributed by atoms with van der Waals surface area (Å²) in [4.78, 5) is 0. The lowest BCUT2D eigenvalue weighted by Gasteiger charge is -2.28. The number of aliphatic hydroxyl groups is 2. The highest BCUT2D eigenvalue weighted by Gasteiger charge is 2.51. The van der Waals surface area contributed by atoms with E-state index in [1.807, 2.05) is 0 Å². The van der Waals surface area contributed by atoms with E-state index in [0.29, 0.717) is 4.68 Å². The summed E-state index contributed by atoms with van der Waals surface area (Å²) in [5.41, 5.74) is -3.29. The molecule has 0 bridgehead atoms. The number of aryl methyl sites for hydroxylation is 1. The Balaban J connectivity index is 2.38. The number of hydrogen-bond acceptors (Lipinski definition) is 3. The molecule has 1 aliphatic carbocycles. The van der Waals surface area contributed by atoms with E-state index < -0.39 is 73.2 Å². The molecule has 12 heteroatoms. The van der Waals surface area contributed by atoms with E-state index in [1.54, 1.807) is 0 Å². The zero-order valence-corrected chi connectivity index (χ0v) is 11.8. The molecule has 1 aromatic heterocycles. The molecule has 2 N–H and O–H groups in total. The molecule has 0 fully saturated rings. The quantitative estimate of drug-likeness (QED) is 0.807. The molecule has 138 valence electrons. The van der Waals surface area contributed by atoms with E-state index in [9.17, 15) is 40.2 Å². The molecular weight excluding hydrogens is 356 g/mol. The first-order chi connectivity index (χ1) is 10.7. The monoisotopic (exact) mass is 368 g/mol. The molecule has 0 aliphatic heterocycles. The van der Waals surface area contributed by atoms with Crippen molar-refractivity contribution in [2.45, 2.75) is 56.3 Å². The van der Waals surface area contributed by atoms with E-state index in [-0.39, 0.29) is 0 Å². The maximum atomic E-state index is 13.5. The first kappa shape index (κ1) is 18.9. The van der Waals surface area contributed by atoms with Crippen LogP contribution in [-0.4, -0.2) is 38.2 Å². The normalized spacial score (nSPS) is 22.3. The molecule has 0 amide bonds. The standard InChI is InChI=1S/C12H12F8N2O2/c13-10(14)3-1-5-7(9(10)24)8(12(18,19)20)21-22(5)4-2-6(23)11(15,16)17/h6,9,23-24H,1-4H2/t6?,9-/m0/s1. The highest BCUT2D eigenvalue weighted by Crippen LogP contribution is 2.46. The van der Waals surface area contributed by atoms with E-state index >= 15 is 0 Å². The van der Waals surface area contributed by atoms with Crippen LogP contribution in [0.5, 0.6) is 0 Å². The van der Waals surface area contributed by atoms with Crippen LogP contribution in [0.15, 0.2) is 0 Å². The van der Waals surface area contributed by atoms with Gasteiger partial charge >= 0.3 is 12.4 Å². The Labute approximate surface area is 129 Å². The van der Waals surface area contributed by atoms with E-state index in [0.717, 1.165) is 0 Å². The summed E-state index contributed by atoms with van der Waals surface area (Å²) in [5, 5.41) is 21.5. The van der Waals surface area contributed by atoms with Crippen LogP contribution in [0, 0.1) is 0 Å². The second-order valence-corrected chi connectivity index (χ2v) is 5.44. The average molecular weight is 368 g/mol. The molecule has 1 aliphatic rings. The summed E-state index contributed by atoms with van der Waals surface area (Å²) in [7, 11) is 0. The smallest absolute Gasteiger partial charge is 0.384 e. The highest BCUT2D eigenvalue weighted by atomic mass is 19.4. The number of aliphatic hydroxyl groups excluding tert-OH is 2. The van der Waals surface area contributed by atoms with Crippen LogP contribution in [0.4, 0.5) is 35.1 Å². The number of hydrogen-bond donors (Lipinski definition) is 2. The molecule has 1 heterocycles. The number of alkyl halides is 8. The van der Waals surface area contributed by atoms with Crippen molar-refractivity contribution in [3.63, 3.8) is 0 Å². The first-order valence-corrected chi connectivity index (χ1v) is 6.72. The van der Waals surface area contributed by atoms with Crippen molar-refractivity contribution < 1.29 is 45.3 Å². The molecule has 4 nitrogen and oxygen atoms in total. The van der Waals surface area contributed by atoms with Gasteiger partial charge in [0.05, 0.1) is 0 Å². The third-order valence-corrected chi connectivity index (χ3v) is 3.73. The minimum atomic E-state index is -5.16. The van der Waals surface area contributed by atoms with Gasteiger partial charge in [0.15, 0.2) is 11.8 Å². The van der Waals surface area contributed by atoms with Crippen LogP contribution < -0.4 is 0 Å². The Bertz CT molecular complexity index is 607.